The van der Waals surface area contributed by atoms with Crippen molar-refractivity contribution < 1.29 is 0 Å². The fraction of sp³-hybridized carbons (Fsp3) is 1.00. The summed E-state index contributed by atoms with van der Waals surface area (Å²) in [6, 6.07) is 2.22. The topological polar surface area (TPSA) is 15.3 Å². The van der Waals surface area contributed by atoms with E-state index < -0.39 is 0 Å². The Morgan fingerprint density at radius 2 is 2.00 bits per heavy atom. The smallest absolute Gasteiger partial charge is 0.0223 e. The van der Waals surface area contributed by atoms with E-state index in [9.17, 15) is 0 Å². The Kier molecular flexibility index (Phi) is 3.40. The van der Waals surface area contributed by atoms with E-state index in [-0.39, 0.29) is 0 Å². The predicted molar refractivity (Wildman–Crippen MR) is 63.9 cm³/mol. The van der Waals surface area contributed by atoms with Gasteiger partial charge in [0, 0.05) is 37.0 Å². The molecule has 2 aliphatic heterocycles. The number of hydrogen-bond donors (Lipinski definition) is 1. The van der Waals surface area contributed by atoms with E-state index in [1.165, 1.54) is 18.1 Å². The molecule has 0 amide bonds. The second-order valence-electron chi connectivity index (χ2n) is 4.94. The summed E-state index contributed by atoms with van der Waals surface area (Å²) in [5, 5.41) is 3.55. The highest BCUT2D eigenvalue weighted by Crippen LogP contribution is 2.29. The third kappa shape index (κ3) is 2.10. The van der Waals surface area contributed by atoms with Crippen molar-refractivity contribution in [2.45, 2.75) is 38.9 Å². The van der Waals surface area contributed by atoms with Gasteiger partial charge >= 0.3 is 0 Å². The van der Waals surface area contributed by atoms with Crippen LogP contribution in [0, 0.1) is 5.92 Å². The molecule has 4 unspecified atom stereocenters. The molecule has 3 heteroatoms. The third-order valence-electron chi connectivity index (χ3n) is 3.56. The molecule has 0 bridgehead atoms. The monoisotopic (exact) mass is 214 g/mol. The quantitative estimate of drug-likeness (QED) is 0.711. The van der Waals surface area contributed by atoms with Crippen LogP contribution in [0.3, 0.4) is 0 Å². The lowest BCUT2D eigenvalue weighted by Crippen LogP contribution is -2.58. The van der Waals surface area contributed by atoms with Crippen molar-refractivity contribution in [3.8, 4) is 0 Å². The van der Waals surface area contributed by atoms with E-state index in [0.29, 0.717) is 6.04 Å². The number of hydrogen-bond acceptors (Lipinski definition) is 3. The third-order valence-corrected chi connectivity index (χ3v) is 4.90. The highest BCUT2D eigenvalue weighted by molar-refractivity contribution is 7.99. The lowest BCUT2D eigenvalue weighted by Gasteiger charge is -2.42. The first-order chi connectivity index (χ1) is 6.68. The van der Waals surface area contributed by atoms with Gasteiger partial charge in [0.15, 0.2) is 0 Å². The molecule has 2 heterocycles. The Morgan fingerprint density at radius 1 is 1.21 bits per heavy atom. The molecule has 0 aromatic carbocycles. The van der Waals surface area contributed by atoms with Crippen LogP contribution < -0.4 is 5.32 Å². The van der Waals surface area contributed by atoms with Crippen LogP contribution in [0.25, 0.3) is 0 Å². The zero-order chi connectivity index (χ0) is 10.1. The van der Waals surface area contributed by atoms with Gasteiger partial charge in [0.2, 0.25) is 0 Å². The second kappa shape index (κ2) is 4.42. The van der Waals surface area contributed by atoms with Crippen molar-refractivity contribution >= 4 is 11.8 Å². The molecule has 2 fully saturated rings. The summed E-state index contributed by atoms with van der Waals surface area (Å²) >= 11 is 2.13. The Bertz CT molecular complexity index is 198. The lowest BCUT2D eigenvalue weighted by atomic mass is 10.00. The maximum absolute atomic E-state index is 3.55. The lowest BCUT2D eigenvalue weighted by molar-refractivity contribution is 0.0872. The number of nitrogens with zero attached hydrogens (tertiary/aromatic N) is 1. The van der Waals surface area contributed by atoms with Crippen molar-refractivity contribution in [1.29, 1.82) is 0 Å². The minimum Gasteiger partial charge on any atom is -0.311 e. The predicted octanol–water partition coefficient (Wildman–Crippen LogP) is 1.42. The first-order valence-corrected chi connectivity index (χ1v) is 6.91. The minimum atomic E-state index is 0.670. The van der Waals surface area contributed by atoms with Crippen LogP contribution in [0.1, 0.15) is 20.8 Å². The van der Waals surface area contributed by atoms with Gasteiger partial charge in [-0.25, -0.2) is 0 Å². The Balaban J connectivity index is 2.00. The number of rotatable bonds is 1. The summed E-state index contributed by atoms with van der Waals surface area (Å²) in [7, 11) is 0. The average Bonchev–Trinajstić information content (AvgIpc) is 2.56. The SMILES string of the molecule is CC1CN(C2CSCC2C)C(C)CN1. The van der Waals surface area contributed by atoms with E-state index >= 15 is 0 Å². The maximum Gasteiger partial charge on any atom is 0.0223 e. The van der Waals surface area contributed by atoms with Gasteiger partial charge in [0.1, 0.15) is 0 Å². The first-order valence-electron chi connectivity index (χ1n) is 5.75. The average molecular weight is 214 g/mol. The van der Waals surface area contributed by atoms with Gasteiger partial charge in [-0.05, 0) is 25.5 Å². The van der Waals surface area contributed by atoms with Gasteiger partial charge < -0.3 is 5.32 Å². The molecule has 1 N–H and O–H groups in total. The molecule has 0 aromatic heterocycles. The molecule has 14 heavy (non-hydrogen) atoms. The van der Waals surface area contributed by atoms with E-state index in [1.807, 2.05) is 0 Å². The number of nitrogens with one attached hydrogen (secondary N) is 1. The van der Waals surface area contributed by atoms with Gasteiger partial charge in [0.25, 0.3) is 0 Å². The van der Waals surface area contributed by atoms with Crippen LogP contribution >= 0.6 is 11.8 Å². The molecule has 2 aliphatic rings. The molecule has 0 saturated carbocycles. The Labute approximate surface area is 91.8 Å². The Hall–Kier alpha value is 0.270. The van der Waals surface area contributed by atoms with Crippen LogP contribution in [-0.4, -0.2) is 47.6 Å². The van der Waals surface area contributed by atoms with Crippen molar-refractivity contribution in [2.24, 2.45) is 5.92 Å². The molecule has 0 radical (unpaired) electrons. The second-order valence-corrected chi connectivity index (χ2v) is 6.01. The molecule has 2 saturated heterocycles. The maximum atomic E-state index is 3.55. The van der Waals surface area contributed by atoms with Crippen LogP contribution in [0.4, 0.5) is 0 Å². The van der Waals surface area contributed by atoms with Crippen LogP contribution in [0.5, 0.6) is 0 Å². The van der Waals surface area contributed by atoms with Gasteiger partial charge in [-0.1, -0.05) is 6.92 Å². The summed E-state index contributed by atoms with van der Waals surface area (Å²) < 4.78 is 0. The molecule has 2 nitrogen and oxygen atoms in total. The highest BCUT2D eigenvalue weighted by Gasteiger charge is 2.34. The van der Waals surface area contributed by atoms with Gasteiger partial charge in [-0.15, -0.1) is 0 Å². The fourth-order valence-electron chi connectivity index (χ4n) is 2.58. The summed E-state index contributed by atoms with van der Waals surface area (Å²) in [4.78, 5) is 2.73. The highest BCUT2D eigenvalue weighted by atomic mass is 32.2. The standard InChI is InChI=1S/C11H22N2S/c1-8-6-14-7-11(8)13-5-9(2)12-4-10(13)3/h8-12H,4-7H2,1-3H3. The normalized spacial score (nSPS) is 45.6. The van der Waals surface area contributed by atoms with E-state index in [2.05, 4.69) is 42.7 Å². The van der Waals surface area contributed by atoms with Crippen LogP contribution in [0.2, 0.25) is 0 Å². The summed E-state index contributed by atoms with van der Waals surface area (Å²) in [6.45, 7) is 9.45. The minimum absolute atomic E-state index is 0.670. The first kappa shape index (κ1) is 10.8. The van der Waals surface area contributed by atoms with E-state index in [4.69, 9.17) is 0 Å². The zero-order valence-electron chi connectivity index (χ0n) is 9.49. The zero-order valence-corrected chi connectivity index (χ0v) is 10.3. The molecule has 0 spiro atoms. The van der Waals surface area contributed by atoms with Gasteiger partial charge in [0.05, 0.1) is 0 Å². The van der Waals surface area contributed by atoms with Crippen molar-refractivity contribution in [1.82, 2.24) is 10.2 Å². The summed E-state index contributed by atoms with van der Waals surface area (Å²) in [6.07, 6.45) is 0. The molecule has 0 aromatic rings. The van der Waals surface area contributed by atoms with Gasteiger partial charge in [-0.2, -0.15) is 11.8 Å². The van der Waals surface area contributed by atoms with Crippen molar-refractivity contribution in [2.75, 3.05) is 24.6 Å². The van der Waals surface area contributed by atoms with Crippen molar-refractivity contribution in [3.63, 3.8) is 0 Å². The van der Waals surface area contributed by atoms with E-state index in [0.717, 1.165) is 24.5 Å². The van der Waals surface area contributed by atoms with E-state index in [1.54, 1.807) is 0 Å². The van der Waals surface area contributed by atoms with Crippen LogP contribution in [0.15, 0.2) is 0 Å². The molecule has 2 rings (SSSR count). The summed E-state index contributed by atoms with van der Waals surface area (Å²) in [5.41, 5.74) is 0. The molecule has 4 atom stereocenters. The fourth-order valence-corrected chi connectivity index (χ4v) is 4.08. The molecule has 0 aliphatic carbocycles. The molecular formula is C11H22N2S. The molecule has 82 valence electrons. The number of thioether (sulfide) groups is 1. The summed E-state index contributed by atoms with van der Waals surface area (Å²) in [5.74, 6) is 3.58. The van der Waals surface area contributed by atoms with Crippen LogP contribution in [-0.2, 0) is 0 Å². The van der Waals surface area contributed by atoms with Gasteiger partial charge in [-0.3, -0.25) is 4.90 Å². The largest absolute Gasteiger partial charge is 0.311 e. The molecular weight excluding hydrogens is 192 g/mol. The number of piperazine rings is 1. The van der Waals surface area contributed by atoms with Crippen molar-refractivity contribution in [3.05, 3.63) is 0 Å². The Morgan fingerprint density at radius 3 is 2.64 bits per heavy atom.